The van der Waals surface area contributed by atoms with Gasteiger partial charge in [0.05, 0.1) is 10.6 Å². The molecule has 0 aromatic heterocycles. The number of sulfonamides is 1. The van der Waals surface area contributed by atoms with E-state index in [2.05, 4.69) is 32.6 Å². The van der Waals surface area contributed by atoms with Gasteiger partial charge in [0.1, 0.15) is 0 Å². The normalized spacial score (nSPS) is 11.1. The summed E-state index contributed by atoms with van der Waals surface area (Å²) in [4.78, 5) is 12.6. The molecule has 3 rings (SSSR count). The van der Waals surface area contributed by atoms with E-state index in [1.54, 1.807) is 43.3 Å². The maximum absolute atomic E-state index is 12.9. The van der Waals surface area contributed by atoms with E-state index in [0.29, 0.717) is 16.9 Å². The quantitative estimate of drug-likeness (QED) is 0.481. The second kappa shape index (κ2) is 8.32. The van der Waals surface area contributed by atoms with Gasteiger partial charge in [-0.05, 0) is 90.0 Å². The molecule has 0 saturated heterocycles. The van der Waals surface area contributed by atoms with Crippen molar-refractivity contribution in [2.75, 3.05) is 10.0 Å². The van der Waals surface area contributed by atoms with Crippen molar-refractivity contribution in [2.24, 2.45) is 0 Å². The molecule has 5 nitrogen and oxygen atoms in total. The zero-order valence-electron chi connectivity index (χ0n) is 15.4. The van der Waals surface area contributed by atoms with Crippen LogP contribution in [0.4, 0.5) is 11.4 Å². The molecular weight excluding hydrogens is 487 g/mol. The number of hydrogen-bond donors (Lipinski definition) is 2. The Bertz CT molecular complexity index is 1130. The molecule has 0 saturated carbocycles. The van der Waals surface area contributed by atoms with Gasteiger partial charge in [0.15, 0.2) is 0 Å². The molecular formula is C21H19IN2O3S. The molecule has 1 amide bonds. The molecule has 0 unspecified atom stereocenters. The Labute approximate surface area is 178 Å². The molecule has 144 valence electrons. The maximum atomic E-state index is 12.9. The molecule has 0 fully saturated rings. The second-order valence-electron chi connectivity index (χ2n) is 6.36. The van der Waals surface area contributed by atoms with Crippen molar-refractivity contribution in [1.82, 2.24) is 0 Å². The van der Waals surface area contributed by atoms with Crippen LogP contribution in [-0.4, -0.2) is 14.3 Å². The van der Waals surface area contributed by atoms with E-state index >= 15 is 0 Å². The molecule has 0 atom stereocenters. The van der Waals surface area contributed by atoms with E-state index in [4.69, 9.17) is 0 Å². The van der Waals surface area contributed by atoms with Crippen molar-refractivity contribution >= 4 is 49.9 Å². The highest BCUT2D eigenvalue weighted by Crippen LogP contribution is 2.23. The Morgan fingerprint density at radius 1 is 0.893 bits per heavy atom. The van der Waals surface area contributed by atoms with Crippen LogP contribution in [0.1, 0.15) is 21.5 Å². The third-order valence-electron chi connectivity index (χ3n) is 4.23. The first-order chi connectivity index (χ1) is 13.3. The van der Waals surface area contributed by atoms with Crippen molar-refractivity contribution in [2.45, 2.75) is 18.7 Å². The first kappa shape index (κ1) is 20.3. The minimum Gasteiger partial charge on any atom is -0.322 e. The minimum atomic E-state index is -3.83. The van der Waals surface area contributed by atoms with E-state index in [-0.39, 0.29) is 16.4 Å². The minimum absolute atomic E-state index is 0.0750. The number of nitrogens with one attached hydrogen (secondary N) is 2. The SMILES string of the molecule is Cc1ccccc1NS(=O)(=O)c1cc(C(=O)Nc2ccc(I)cc2)ccc1C. The molecule has 0 aliphatic heterocycles. The van der Waals surface area contributed by atoms with Crippen molar-refractivity contribution in [1.29, 1.82) is 0 Å². The number of amides is 1. The lowest BCUT2D eigenvalue weighted by Gasteiger charge is -2.13. The summed E-state index contributed by atoms with van der Waals surface area (Å²) in [5.74, 6) is -0.367. The highest BCUT2D eigenvalue weighted by molar-refractivity contribution is 14.1. The van der Waals surface area contributed by atoms with Crippen LogP contribution in [0.25, 0.3) is 0 Å². The molecule has 0 aliphatic rings. The van der Waals surface area contributed by atoms with Gasteiger partial charge < -0.3 is 5.32 Å². The number of halogens is 1. The summed E-state index contributed by atoms with van der Waals surface area (Å²) in [6, 6.07) is 19.1. The number of rotatable bonds is 5. The van der Waals surface area contributed by atoms with Crippen LogP contribution in [0.3, 0.4) is 0 Å². The Morgan fingerprint density at radius 3 is 2.25 bits per heavy atom. The maximum Gasteiger partial charge on any atom is 0.262 e. The second-order valence-corrected chi connectivity index (χ2v) is 9.26. The summed E-state index contributed by atoms with van der Waals surface area (Å²) in [6.07, 6.45) is 0. The van der Waals surface area contributed by atoms with E-state index in [0.717, 1.165) is 9.13 Å². The van der Waals surface area contributed by atoms with Gasteiger partial charge in [0, 0.05) is 14.8 Å². The molecule has 2 N–H and O–H groups in total. The summed E-state index contributed by atoms with van der Waals surface area (Å²) < 4.78 is 29.5. The Morgan fingerprint density at radius 2 is 1.57 bits per heavy atom. The lowest BCUT2D eigenvalue weighted by Crippen LogP contribution is -2.17. The van der Waals surface area contributed by atoms with Crippen LogP contribution in [0, 0.1) is 17.4 Å². The summed E-state index contributed by atoms with van der Waals surface area (Å²) in [6.45, 7) is 3.53. The van der Waals surface area contributed by atoms with Gasteiger partial charge in [0.2, 0.25) is 0 Å². The average molecular weight is 506 g/mol. The summed E-state index contributed by atoms with van der Waals surface area (Å²) in [5.41, 5.74) is 2.81. The third kappa shape index (κ3) is 4.71. The summed E-state index contributed by atoms with van der Waals surface area (Å²) in [5, 5.41) is 2.78. The van der Waals surface area contributed by atoms with Gasteiger partial charge in [-0.1, -0.05) is 24.3 Å². The molecule has 28 heavy (non-hydrogen) atoms. The zero-order valence-corrected chi connectivity index (χ0v) is 18.3. The smallest absolute Gasteiger partial charge is 0.262 e. The molecule has 0 aliphatic carbocycles. The highest BCUT2D eigenvalue weighted by atomic mass is 127. The first-order valence-corrected chi connectivity index (χ1v) is 11.1. The van der Waals surface area contributed by atoms with Crippen LogP contribution in [0.15, 0.2) is 71.6 Å². The van der Waals surface area contributed by atoms with E-state index in [1.165, 1.54) is 6.07 Å². The molecule has 0 heterocycles. The molecule has 0 radical (unpaired) electrons. The van der Waals surface area contributed by atoms with Crippen LogP contribution in [0.5, 0.6) is 0 Å². The zero-order chi connectivity index (χ0) is 20.3. The van der Waals surface area contributed by atoms with Gasteiger partial charge in [-0.25, -0.2) is 8.42 Å². The molecule has 0 bridgehead atoms. The van der Waals surface area contributed by atoms with Crippen molar-refractivity contribution < 1.29 is 13.2 Å². The van der Waals surface area contributed by atoms with Crippen LogP contribution < -0.4 is 10.0 Å². The largest absolute Gasteiger partial charge is 0.322 e. The molecule has 7 heteroatoms. The fourth-order valence-corrected chi connectivity index (χ4v) is 4.42. The summed E-state index contributed by atoms with van der Waals surface area (Å²) in [7, 11) is -3.83. The summed E-state index contributed by atoms with van der Waals surface area (Å²) >= 11 is 2.18. The van der Waals surface area contributed by atoms with Gasteiger partial charge in [-0.2, -0.15) is 0 Å². The number of para-hydroxylation sites is 1. The first-order valence-electron chi connectivity index (χ1n) is 8.52. The number of carbonyl (C=O) groups is 1. The highest BCUT2D eigenvalue weighted by Gasteiger charge is 2.20. The monoisotopic (exact) mass is 506 g/mol. The lowest BCUT2D eigenvalue weighted by atomic mass is 10.1. The van der Waals surface area contributed by atoms with Gasteiger partial charge in [-0.3, -0.25) is 9.52 Å². The van der Waals surface area contributed by atoms with Gasteiger partial charge >= 0.3 is 0 Å². The third-order valence-corrected chi connectivity index (χ3v) is 6.46. The number of anilines is 2. The lowest BCUT2D eigenvalue weighted by molar-refractivity contribution is 0.102. The van der Waals surface area contributed by atoms with Gasteiger partial charge in [-0.15, -0.1) is 0 Å². The Hall–Kier alpha value is -2.39. The average Bonchev–Trinajstić information content (AvgIpc) is 2.65. The van der Waals surface area contributed by atoms with Crippen LogP contribution in [0.2, 0.25) is 0 Å². The van der Waals surface area contributed by atoms with Crippen LogP contribution >= 0.6 is 22.6 Å². The number of aryl methyl sites for hydroxylation is 2. The topological polar surface area (TPSA) is 75.3 Å². The predicted octanol–water partition coefficient (Wildman–Crippen LogP) is 4.96. The molecule has 0 spiro atoms. The van der Waals surface area contributed by atoms with E-state index in [9.17, 15) is 13.2 Å². The predicted molar refractivity (Wildman–Crippen MR) is 120 cm³/mol. The van der Waals surface area contributed by atoms with Crippen molar-refractivity contribution in [3.8, 4) is 0 Å². The fraction of sp³-hybridized carbons (Fsp3) is 0.0952. The number of carbonyl (C=O) groups excluding carboxylic acids is 1. The van der Waals surface area contributed by atoms with Crippen molar-refractivity contribution in [3.05, 3.63) is 87.0 Å². The van der Waals surface area contributed by atoms with E-state index in [1.807, 2.05) is 31.2 Å². The molecule has 3 aromatic carbocycles. The number of benzene rings is 3. The van der Waals surface area contributed by atoms with E-state index < -0.39 is 10.0 Å². The Balaban J connectivity index is 1.89. The standard InChI is InChI=1S/C21H19IN2O3S/c1-14-5-3-4-6-19(14)24-28(26,27)20-13-16(8-7-15(20)2)21(25)23-18-11-9-17(22)10-12-18/h3-13,24H,1-2H3,(H,23,25). The molecule has 3 aromatic rings. The van der Waals surface area contributed by atoms with Crippen molar-refractivity contribution in [3.63, 3.8) is 0 Å². The van der Waals surface area contributed by atoms with Crippen LogP contribution in [-0.2, 0) is 10.0 Å². The number of hydrogen-bond acceptors (Lipinski definition) is 3. The van der Waals surface area contributed by atoms with Gasteiger partial charge in [0.25, 0.3) is 15.9 Å². The Kier molecular flexibility index (Phi) is 6.04. The fourth-order valence-electron chi connectivity index (χ4n) is 2.65.